The van der Waals surface area contributed by atoms with Crippen molar-refractivity contribution in [3.8, 4) is 0 Å². The van der Waals surface area contributed by atoms with Gasteiger partial charge in [0, 0.05) is 21.1 Å². The van der Waals surface area contributed by atoms with E-state index in [0.717, 1.165) is 4.47 Å². The summed E-state index contributed by atoms with van der Waals surface area (Å²) in [4.78, 5) is 12.0. The van der Waals surface area contributed by atoms with Crippen molar-refractivity contribution >= 4 is 43.5 Å². The molecule has 0 saturated heterocycles. The van der Waals surface area contributed by atoms with Gasteiger partial charge in [-0.1, -0.05) is 15.9 Å². The molecule has 2 aromatic rings. The fraction of sp³-hybridized carbons (Fsp3) is 0. The number of benzene rings is 2. The Morgan fingerprint density at radius 3 is 2.40 bits per heavy atom. The number of hydrogen-bond donors (Lipinski definition) is 1. The van der Waals surface area contributed by atoms with E-state index in [-0.39, 0.29) is 5.56 Å². The molecule has 0 aromatic heterocycles. The molecule has 20 heavy (non-hydrogen) atoms. The molecule has 1 amide bonds. The first kappa shape index (κ1) is 15.1. The molecule has 7 heteroatoms. The lowest BCUT2D eigenvalue weighted by Gasteiger charge is -2.09. The van der Waals surface area contributed by atoms with Crippen LogP contribution in [0.5, 0.6) is 0 Å². The van der Waals surface area contributed by atoms with Gasteiger partial charge in [-0.2, -0.15) is 0 Å². The smallest absolute Gasteiger partial charge is 0.256 e. The van der Waals surface area contributed by atoms with Crippen LogP contribution >= 0.6 is 31.9 Å². The van der Waals surface area contributed by atoms with Gasteiger partial charge in [-0.3, -0.25) is 4.79 Å². The molecule has 0 heterocycles. The summed E-state index contributed by atoms with van der Waals surface area (Å²) < 4.78 is 40.7. The van der Waals surface area contributed by atoms with Crippen molar-refractivity contribution in [2.24, 2.45) is 0 Å². The van der Waals surface area contributed by atoms with Crippen molar-refractivity contribution < 1.29 is 18.0 Å². The Bertz CT molecular complexity index is 692. The lowest BCUT2D eigenvalue weighted by molar-refractivity contribution is 0.102. The molecule has 0 atom stereocenters. The summed E-state index contributed by atoms with van der Waals surface area (Å²) in [6.07, 6.45) is 0. The highest BCUT2D eigenvalue weighted by Crippen LogP contribution is 2.24. The molecule has 0 bridgehead atoms. The average Bonchev–Trinajstić information content (AvgIpc) is 2.35. The number of carbonyl (C=O) groups is 1. The Morgan fingerprint density at radius 2 is 1.75 bits per heavy atom. The highest BCUT2D eigenvalue weighted by molar-refractivity contribution is 9.11. The van der Waals surface area contributed by atoms with Gasteiger partial charge in [0.25, 0.3) is 5.91 Å². The molecule has 0 radical (unpaired) electrons. The Kier molecular flexibility index (Phi) is 4.49. The third-order valence-electron chi connectivity index (χ3n) is 2.42. The van der Waals surface area contributed by atoms with Gasteiger partial charge in [0.2, 0.25) is 0 Å². The molecule has 2 rings (SSSR count). The standard InChI is InChI=1S/C13H6Br2F3NO/c14-6-1-2-8(9(15)3-6)13(20)19-11-5-7(16)4-10(17)12(11)18/h1-5H,(H,19,20). The zero-order chi connectivity index (χ0) is 14.9. The highest BCUT2D eigenvalue weighted by atomic mass is 79.9. The summed E-state index contributed by atoms with van der Waals surface area (Å²) in [5, 5.41) is 2.13. The molecule has 1 N–H and O–H groups in total. The van der Waals surface area contributed by atoms with E-state index in [4.69, 9.17) is 0 Å². The predicted molar refractivity (Wildman–Crippen MR) is 76.1 cm³/mol. The maximum absolute atomic E-state index is 13.4. The molecule has 0 fully saturated rings. The number of hydrogen-bond acceptors (Lipinski definition) is 1. The Morgan fingerprint density at radius 1 is 1.05 bits per heavy atom. The normalized spacial score (nSPS) is 10.4. The van der Waals surface area contributed by atoms with E-state index < -0.39 is 29.0 Å². The number of halogens is 5. The van der Waals surface area contributed by atoms with Crippen LogP contribution in [0.1, 0.15) is 10.4 Å². The van der Waals surface area contributed by atoms with Crippen LogP contribution in [0.25, 0.3) is 0 Å². The van der Waals surface area contributed by atoms with Crippen LogP contribution in [0, 0.1) is 17.5 Å². The first-order valence-corrected chi connectivity index (χ1v) is 6.88. The van der Waals surface area contributed by atoms with Crippen LogP contribution in [0.4, 0.5) is 18.9 Å². The van der Waals surface area contributed by atoms with Gasteiger partial charge in [0.1, 0.15) is 5.82 Å². The highest BCUT2D eigenvalue weighted by Gasteiger charge is 2.16. The molecule has 0 aliphatic rings. The van der Waals surface area contributed by atoms with Crippen molar-refractivity contribution in [2.75, 3.05) is 5.32 Å². The van der Waals surface area contributed by atoms with Gasteiger partial charge < -0.3 is 5.32 Å². The van der Waals surface area contributed by atoms with Gasteiger partial charge in [0.15, 0.2) is 11.6 Å². The van der Waals surface area contributed by atoms with Gasteiger partial charge in [-0.25, -0.2) is 13.2 Å². The SMILES string of the molecule is O=C(Nc1cc(F)cc(F)c1F)c1ccc(Br)cc1Br. The Balaban J connectivity index is 2.32. The number of amides is 1. The molecule has 0 saturated carbocycles. The maximum atomic E-state index is 13.4. The maximum Gasteiger partial charge on any atom is 0.256 e. The van der Waals surface area contributed by atoms with Gasteiger partial charge in [0.05, 0.1) is 11.3 Å². The summed E-state index contributed by atoms with van der Waals surface area (Å²) in [5.41, 5.74) is -0.348. The van der Waals surface area contributed by atoms with Crippen LogP contribution in [0.2, 0.25) is 0 Å². The second-order valence-electron chi connectivity index (χ2n) is 3.83. The number of nitrogens with one attached hydrogen (secondary N) is 1. The second kappa shape index (κ2) is 5.97. The minimum absolute atomic E-state index is 0.206. The number of carbonyl (C=O) groups excluding carboxylic acids is 1. The summed E-state index contributed by atoms with van der Waals surface area (Å²) in [5.74, 6) is -4.34. The van der Waals surface area contributed by atoms with Crippen LogP contribution < -0.4 is 5.32 Å². The molecular formula is C13H6Br2F3NO. The lowest BCUT2D eigenvalue weighted by atomic mass is 10.2. The molecule has 2 aromatic carbocycles. The van der Waals surface area contributed by atoms with Gasteiger partial charge in [-0.05, 0) is 34.1 Å². The van der Waals surface area contributed by atoms with Crippen LogP contribution in [0.3, 0.4) is 0 Å². The van der Waals surface area contributed by atoms with Crippen molar-refractivity contribution in [3.05, 3.63) is 62.3 Å². The third kappa shape index (κ3) is 3.21. The zero-order valence-corrected chi connectivity index (χ0v) is 12.9. The second-order valence-corrected chi connectivity index (χ2v) is 5.60. The average molecular weight is 409 g/mol. The van der Waals surface area contributed by atoms with Crippen LogP contribution in [-0.2, 0) is 0 Å². The van der Waals surface area contributed by atoms with E-state index in [1.54, 1.807) is 12.1 Å². The fourth-order valence-corrected chi connectivity index (χ4v) is 2.74. The molecular weight excluding hydrogens is 403 g/mol. The Labute approximate surface area is 129 Å². The number of anilines is 1. The van der Waals surface area contributed by atoms with Crippen molar-refractivity contribution in [3.63, 3.8) is 0 Å². The van der Waals surface area contributed by atoms with Crippen molar-refractivity contribution in [1.29, 1.82) is 0 Å². The van der Waals surface area contributed by atoms with E-state index in [9.17, 15) is 18.0 Å². The molecule has 0 unspecified atom stereocenters. The summed E-state index contributed by atoms with van der Waals surface area (Å²) in [6, 6.07) is 5.83. The zero-order valence-electron chi connectivity index (χ0n) is 9.68. The summed E-state index contributed by atoms with van der Waals surface area (Å²) in [7, 11) is 0. The quantitative estimate of drug-likeness (QED) is 0.705. The van der Waals surface area contributed by atoms with Crippen LogP contribution in [-0.4, -0.2) is 5.91 Å². The minimum atomic E-state index is -1.37. The summed E-state index contributed by atoms with van der Waals surface area (Å²) in [6.45, 7) is 0. The van der Waals surface area contributed by atoms with E-state index in [1.807, 2.05) is 0 Å². The topological polar surface area (TPSA) is 29.1 Å². The first-order valence-electron chi connectivity index (χ1n) is 5.29. The minimum Gasteiger partial charge on any atom is -0.319 e. The molecule has 0 aliphatic carbocycles. The van der Waals surface area contributed by atoms with Gasteiger partial charge in [-0.15, -0.1) is 0 Å². The molecule has 0 aliphatic heterocycles. The van der Waals surface area contributed by atoms with Crippen LogP contribution in [0.15, 0.2) is 39.3 Å². The molecule has 104 valence electrons. The van der Waals surface area contributed by atoms with E-state index in [1.165, 1.54) is 6.07 Å². The Hall–Kier alpha value is -1.34. The molecule has 2 nitrogen and oxygen atoms in total. The summed E-state index contributed by atoms with van der Waals surface area (Å²) >= 11 is 6.40. The molecule has 0 spiro atoms. The first-order chi connectivity index (χ1) is 9.38. The largest absolute Gasteiger partial charge is 0.319 e. The lowest BCUT2D eigenvalue weighted by Crippen LogP contribution is -2.14. The van der Waals surface area contributed by atoms with Crippen molar-refractivity contribution in [1.82, 2.24) is 0 Å². The third-order valence-corrected chi connectivity index (χ3v) is 3.57. The van der Waals surface area contributed by atoms with E-state index in [0.29, 0.717) is 16.6 Å². The predicted octanol–water partition coefficient (Wildman–Crippen LogP) is 4.88. The fourth-order valence-electron chi connectivity index (χ4n) is 1.51. The number of rotatable bonds is 2. The van der Waals surface area contributed by atoms with Crippen molar-refractivity contribution in [2.45, 2.75) is 0 Å². The van der Waals surface area contributed by atoms with E-state index >= 15 is 0 Å². The van der Waals surface area contributed by atoms with Gasteiger partial charge >= 0.3 is 0 Å². The monoisotopic (exact) mass is 407 g/mol. The van der Waals surface area contributed by atoms with E-state index in [2.05, 4.69) is 37.2 Å².